The standard InChI is InChI=1S/C21H29ClN4S2/c1-4-25-10-12-26(13-11-25)20(19-9-6-14-28-19)16(3)23-21(27)24-18-8-5-7-17(22)15(18)2/h5-9,14,16,20H,4,10-13H2,1-3H3,(H2,23,24,27)/t16-,20+/m0/s1. The SMILES string of the molecule is CCN1CCN([C@@H](c2cccs2)[C@H](C)NC(=S)Nc2cccc(Cl)c2C)CC1. The Morgan fingerprint density at radius 2 is 1.96 bits per heavy atom. The fourth-order valence-electron chi connectivity index (χ4n) is 3.75. The number of nitrogens with zero attached hydrogens (tertiary/aromatic N) is 2. The monoisotopic (exact) mass is 436 g/mol. The molecule has 28 heavy (non-hydrogen) atoms. The van der Waals surface area contributed by atoms with Crippen LogP contribution in [0.5, 0.6) is 0 Å². The lowest BCUT2D eigenvalue weighted by Crippen LogP contribution is -2.52. The highest BCUT2D eigenvalue weighted by atomic mass is 35.5. The van der Waals surface area contributed by atoms with Crippen LogP contribution >= 0.6 is 35.2 Å². The van der Waals surface area contributed by atoms with Gasteiger partial charge in [0.05, 0.1) is 6.04 Å². The first kappa shape index (κ1) is 21.5. The molecule has 2 heterocycles. The van der Waals surface area contributed by atoms with Gasteiger partial charge < -0.3 is 15.5 Å². The smallest absolute Gasteiger partial charge is 0.171 e. The summed E-state index contributed by atoms with van der Waals surface area (Å²) in [5.74, 6) is 0. The van der Waals surface area contributed by atoms with Crippen LogP contribution in [0.2, 0.25) is 5.02 Å². The highest BCUT2D eigenvalue weighted by Crippen LogP contribution is 2.29. The van der Waals surface area contributed by atoms with Crippen LogP contribution < -0.4 is 10.6 Å². The van der Waals surface area contributed by atoms with Crippen molar-refractivity contribution in [1.29, 1.82) is 0 Å². The molecule has 0 aliphatic carbocycles. The number of anilines is 1. The maximum absolute atomic E-state index is 6.23. The molecular weight excluding hydrogens is 408 g/mol. The maximum Gasteiger partial charge on any atom is 0.171 e. The molecule has 2 aromatic rings. The average Bonchev–Trinajstić information content (AvgIpc) is 3.20. The summed E-state index contributed by atoms with van der Waals surface area (Å²) in [6.45, 7) is 12.0. The van der Waals surface area contributed by atoms with Crippen LogP contribution in [0.15, 0.2) is 35.7 Å². The van der Waals surface area contributed by atoms with Crippen molar-refractivity contribution in [2.75, 3.05) is 38.0 Å². The molecule has 1 aliphatic rings. The minimum Gasteiger partial charge on any atom is -0.358 e. The molecule has 152 valence electrons. The molecule has 0 saturated carbocycles. The van der Waals surface area contributed by atoms with Crippen molar-refractivity contribution in [3.05, 3.63) is 51.2 Å². The maximum atomic E-state index is 6.23. The van der Waals surface area contributed by atoms with Gasteiger partial charge in [0.2, 0.25) is 0 Å². The minimum absolute atomic E-state index is 0.186. The summed E-state index contributed by atoms with van der Waals surface area (Å²) in [4.78, 5) is 6.48. The quantitative estimate of drug-likeness (QED) is 0.637. The van der Waals surface area contributed by atoms with E-state index in [2.05, 4.69) is 51.8 Å². The topological polar surface area (TPSA) is 30.5 Å². The van der Waals surface area contributed by atoms with Crippen molar-refractivity contribution in [3.63, 3.8) is 0 Å². The molecule has 1 aromatic carbocycles. The van der Waals surface area contributed by atoms with E-state index >= 15 is 0 Å². The zero-order chi connectivity index (χ0) is 20.1. The number of likely N-dealkylation sites (N-methyl/N-ethyl adjacent to an activating group) is 1. The first-order valence-corrected chi connectivity index (χ1v) is 11.5. The average molecular weight is 437 g/mol. The number of piperazine rings is 1. The van der Waals surface area contributed by atoms with E-state index in [4.69, 9.17) is 23.8 Å². The van der Waals surface area contributed by atoms with Crippen LogP contribution in [0, 0.1) is 6.92 Å². The normalized spacial score (nSPS) is 17.9. The van der Waals surface area contributed by atoms with Gasteiger partial charge in [-0.2, -0.15) is 0 Å². The van der Waals surface area contributed by atoms with Crippen molar-refractivity contribution in [2.24, 2.45) is 0 Å². The molecule has 4 nitrogen and oxygen atoms in total. The molecule has 7 heteroatoms. The predicted molar refractivity (Wildman–Crippen MR) is 126 cm³/mol. The third kappa shape index (κ3) is 5.24. The largest absolute Gasteiger partial charge is 0.358 e. The van der Waals surface area contributed by atoms with Gasteiger partial charge in [-0.05, 0) is 61.8 Å². The van der Waals surface area contributed by atoms with Gasteiger partial charge >= 0.3 is 0 Å². The second-order valence-electron chi connectivity index (χ2n) is 7.23. The Morgan fingerprint density at radius 3 is 2.61 bits per heavy atom. The summed E-state index contributed by atoms with van der Waals surface area (Å²) in [6.07, 6.45) is 0. The Balaban J connectivity index is 1.68. The predicted octanol–water partition coefficient (Wildman–Crippen LogP) is 4.76. The van der Waals surface area contributed by atoms with Gasteiger partial charge in [-0.15, -0.1) is 11.3 Å². The Kier molecular flexibility index (Phi) is 7.71. The van der Waals surface area contributed by atoms with Crippen LogP contribution in [-0.4, -0.2) is 53.7 Å². The second kappa shape index (κ2) is 10.0. The molecule has 0 radical (unpaired) electrons. The number of thiocarbonyl (C=S) groups is 1. The zero-order valence-corrected chi connectivity index (χ0v) is 19.1. The molecule has 1 fully saturated rings. The molecule has 3 rings (SSSR count). The summed E-state index contributed by atoms with van der Waals surface area (Å²) in [5, 5.41) is 10.4. The first-order chi connectivity index (χ1) is 13.5. The Hall–Kier alpha value is -1.18. The van der Waals surface area contributed by atoms with E-state index in [1.54, 1.807) is 0 Å². The third-order valence-electron chi connectivity index (χ3n) is 5.43. The second-order valence-corrected chi connectivity index (χ2v) is 9.02. The van der Waals surface area contributed by atoms with Gasteiger partial charge in [0.1, 0.15) is 0 Å². The van der Waals surface area contributed by atoms with Gasteiger partial charge in [-0.25, -0.2) is 0 Å². The van der Waals surface area contributed by atoms with E-state index in [0.717, 1.165) is 49.0 Å². The number of hydrogen-bond acceptors (Lipinski definition) is 4. The molecule has 0 unspecified atom stereocenters. The minimum atomic E-state index is 0.186. The lowest BCUT2D eigenvalue weighted by Gasteiger charge is -2.41. The number of halogens is 1. The van der Waals surface area contributed by atoms with E-state index < -0.39 is 0 Å². The molecule has 1 saturated heterocycles. The van der Waals surface area contributed by atoms with E-state index in [1.807, 2.05) is 36.5 Å². The van der Waals surface area contributed by atoms with Crippen molar-refractivity contribution < 1.29 is 0 Å². The van der Waals surface area contributed by atoms with Gasteiger partial charge in [-0.1, -0.05) is 30.7 Å². The fourth-order valence-corrected chi connectivity index (χ4v) is 5.18. The lowest BCUT2D eigenvalue weighted by atomic mass is 10.0. The summed E-state index contributed by atoms with van der Waals surface area (Å²) < 4.78 is 0. The summed E-state index contributed by atoms with van der Waals surface area (Å²) in [5.41, 5.74) is 1.95. The Bertz CT molecular complexity index is 773. The summed E-state index contributed by atoms with van der Waals surface area (Å²) in [7, 11) is 0. The van der Waals surface area contributed by atoms with E-state index in [9.17, 15) is 0 Å². The van der Waals surface area contributed by atoms with Crippen LogP contribution in [-0.2, 0) is 0 Å². The highest BCUT2D eigenvalue weighted by molar-refractivity contribution is 7.80. The number of benzene rings is 1. The van der Waals surface area contributed by atoms with E-state index in [0.29, 0.717) is 11.2 Å². The number of nitrogens with one attached hydrogen (secondary N) is 2. The van der Waals surface area contributed by atoms with Gasteiger partial charge in [0.25, 0.3) is 0 Å². The molecule has 0 bridgehead atoms. The number of hydrogen-bond donors (Lipinski definition) is 2. The van der Waals surface area contributed by atoms with Crippen molar-refractivity contribution in [3.8, 4) is 0 Å². The van der Waals surface area contributed by atoms with Crippen LogP contribution in [0.3, 0.4) is 0 Å². The molecule has 2 atom stereocenters. The van der Waals surface area contributed by atoms with Gasteiger partial charge in [-0.3, -0.25) is 4.90 Å². The zero-order valence-electron chi connectivity index (χ0n) is 16.7. The van der Waals surface area contributed by atoms with Crippen LogP contribution in [0.4, 0.5) is 5.69 Å². The molecule has 0 spiro atoms. The van der Waals surface area contributed by atoms with E-state index in [-0.39, 0.29) is 6.04 Å². The molecule has 2 N–H and O–H groups in total. The molecule has 1 aliphatic heterocycles. The first-order valence-electron chi connectivity index (χ1n) is 9.82. The summed E-state index contributed by atoms with van der Waals surface area (Å²) in [6, 6.07) is 10.7. The van der Waals surface area contributed by atoms with Gasteiger partial charge in [0.15, 0.2) is 5.11 Å². The molecular formula is C21H29ClN4S2. The lowest BCUT2D eigenvalue weighted by molar-refractivity contribution is 0.0883. The Morgan fingerprint density at radius 1 is 1.21 bits per heavy atom. The Labute approximate surface area is 182 Å². The number of thiophene rings is 1. The van der Waals surface area contributed by atoms with Crippen LogP contribution in [0.25, 0.3) is 0 Å². The van der Waals surface area contributed by atoms with Gasteiger partial charge in [0, 0.05) is 47.8 Å². The van der Waals surface area contributed by atoms with Crippen LogP contribution in [0.1, 0.15) is 30.3 Å². The number of rotatable bonds is 6. The summed E-state index contributed by atoms with van der Waals surface area (Å²) >= 11 is 13.7. The van der Waals surface area contributed by atoms with Crippen molar-refractivity contribution >= 4 is 46.0 Å². The molecule has 1 aromatic heterocycles. The molecule has 0 amide bonds. The third-order valence-corrected chi connectivity index (χ3v) is 7.00. The fraction of sp³-hybridized carbons (Fsp3) is 0.476. The van der Waals surface area contributed by atoms with Crippen molar-refractivity contribution in [2.45, 2.75) is 32.9 Å². The van der Waals surface area contributed by atoms with E-state index in [1.165, 1.54) is 4.88 Å². The highest BCUT2D eigenvalue weighted by Gasteiger charge is 2.30. The van der Waals surface area contributed by atoms with Crippen molar-refractivity contribution in [1.82, 2.24) is 15.1 Å².